The largest absolute Gasteiger partial charge is 0.494 e. The fourth-order valence-electron chi connectivity index (χ4n) is 4.25. The molecule has 174 valence electrons. The van der Waals surface area contributed by atoms with Gasteiger partial charge in [-0.05, 0) is 65.8 Å². The van der Waals surface area contributed by atoms with Gasteiger partial charge in [-0.1, -0.05) is 82.1 Å². The molecular formula is C32H35OS+. The second-order valence-electron chi connectivity index (χ2n) is 8.72. The normalized spacial score (nSPS) is 10.9. The molecule has 0 fully saturated rings. The summed E-state index contributed by atoms with van der Waals surface area (Å²) >= 11 is 1.81. The maximum atomic E-state index is 5.96. The monoisotopic (exact) mass is 467 g/mol. The topological polar surface area (TPSA) is 9.23 Å². The smallest absolute Gasteiger partial charge is 0.246 e. The van der Waals surface area contributed by atoms with Crippen LogP contribution in [0.1, 0.15) is 51.2 Å². The first-order valence-electron chi connectivity index (χ1n) is 12.6. The van der Waals surface area contributed by atoms with Crippen LogP contribution >= 0.6 is 11.3 Å². The van der Waals surface area contributed by atoms with Gasteiger partial charge in [-0.2, -0.15) is 0 Å². The van der Waals surface area contributed by atoms with E-state index in [1.807, 2.05) is 11.3 Å². The summed E-state index contributed by atoms with van der Waals surface area (Å²) in [5.74, 6) is 0.947. The van der Waals surface area contributed by atoms with Crippen LogP contribution in [0.25, 0.3) is 32.7 Å². The number of benzene rings is 3. The van der Waals surface area contributed by atoms with Gasteiger partial charge in [-0.15, -0.1) is 0 Å². The van der Waals surface area contributed by atoms with Gasteiger partial charge in [0, 0.05) is 17.2 Å². The molecule has 0 N–H and O–H groups in total. The fraction of sp³-hybridized carbons (Fsp3) is 0.281. The number of hydrogen-bond donors (Lipinski definition) is 0. The van der Waals surface area contributed by atoms with E-state index in [-0.39, 0.29) is 0 Å². The molecule has 0 atom stereocenters. The van der Waals surface area contributed by atoms with Crippen LogP contribution in [0.4, 0.5) is 0 Å². The molecule has 0 saturated heterocycles. The van der Waals surface area contributed by atoms with Crippen LogP contribution in [0.15, 0.2) is 84.2 Å². The molecule has 0 bridgehead atoms. The molecule has 0 saturated carbocycles. The van der Waals surface area contributed by atoms with Gasteiger partial charge < -0.3 is 4.74 Å². The van der Waals surface area contributed by atoms with E-state index >= 15 is 0 Å². The van der Waals surface area contributed by atoms with E-state index in [2.05, 4.69) is 105 Å². The lowest BCUT2D eigenvalue weighted by Gasteiger charge is -2.12. The van der Waals surface area contributed by atoms with Crippen LogP contribution in [0, 0.1) is 0 Å². The number of hydrogen-bond acceptors (Lipinski definition) is 1. The summed E-state index contributed by atoms with van der Waals surface area (Å²) in [6, 6.07) is 29.0. The van der Waals surface area contributed by atoms with Gasteiger partial charge >= 0.3 is 0 Å². The Morgan fingerprint density at radius 3 is 1.79 bits per heavy atom. The first kappa shape index (κ1) is 24.2. The van der Waals surface area contributed by atoms with Crippen molar-refractivity contribution in [3.8, 4) is 38.4 Å². The Balaban J connectivity index is 1.75. The second-order valence-corrected chi connectivity index (χ2v) is 9.64. The Hall–Kier alpha value is -2.97. The highest BCUT2D eigenvalue weighted by Crippen LogP contribution is 2.42. The summed E-state index contributed by atoms with van der Waals surface area (Å²) in [6.45, 7) is 7.41. The third kappa shape index (κ3) is 5.74. The zero-order valence-corrected chi connectivity index (χ0v) is 21.5. The minimum absolute atomic E-state index is 0.785. The van der Waals surface area contributed by atoms with Crippen molar-refractivity contribution in [3.63, 3.8) is 0 Å². The highest BCUT2D eigenvalue weighted by Gasteiger charge is 2.22. The van der Waals surface area contributed by atoms with Crippen molar-refractivity contribution in [1.82, 2.24) is 0 Å². The number of ether oxygens (including phenoxy) is 1. The molecule has 0 amide bonds. The summed E-state index contributed by atoms with van der Waals surface area (Å²) in [7, 11) is 0. The summed E-state index contributed by atoms with van der Waals surface area (Å²) in [6.07, 6.45) is 5.64. The summed E-state index contributed by atoms with van der Waals surface area (Å²) in [5, 5.41) is 2.22. The van der Waals surface area contributed by atoms with Gasteiger partial charge in [0.05, 0.1) is 12.2 Å². The molecule has 0 aliphatic carbocycles. The quantitative estimate of drug-likeness (QED) is 0.167. The summed E-state index contributed by atoms with van der Waals surface area (Å²) in [4.78, 5) is 1.31. The molecule has 1 aromatic heterocycles. The van der Waals surface area contributed by atoms with Crippen LogP contribution in [-0.4, -0.2) is 6.61 Å². The van der Waals surface area contributed by atoms with Gasteiger partial charge in [0.15, 0.2) is 5.38 Å². The molecule has 2 heteroatoms. The lowest BCUT2D eigenvalue weighted by Crippen LogP contribution is -1.96. The van der Waals surface area contributed by atoms with Crippen LogP contribution in [0.5, 0.6) is 5.75 Å². The molecule has 4 aromatic rings. The molecule has 0 unspecified atom stereocenters. The molecule has 1 nitrogen and oxygen atoms in total. The molecule has 0 radical (unpaired) electrons. The minimum atomic E-state index is 0.785. The van der Waals surface area contributed by atoms with E-state index in [1.165, 1.54) is 56.7 Å². The van der Waals surface area contributed by atoms with Crippen LogP contribution in [0.3, 0.4) is 0 Å². The van der Waals surface area contributed by atoms with E-state index < -0.39 is 0 Å². The van der Waals surface area contributed by atoms with Gasteiger partial charge in [-0.25, -0.2) is 0 Å². The molecule has 4 rings (SSSR count). The van der Waals surface area contributed by atoms with Gasteiger partial charge in [0.25, 0.3) is 0 Å². The third-order valence-corrected chi connectivity index (χ3v) is 7.32. The van der Waals surface area contributed by atoms with Crippen molar-refractivity contribution in [1.29, 1.82) is 0 Å². The van der Waals surface area contributed by atoms with Crippen LogP contribution < -0.4 is 4.74 Å². The second kappa shape index (κ2) is 11.9. The maximum Gasteiger partial charge on any atom is 0.246 e. The Kier molecular flexibility index (Phi) is 8.49. The van der Waals surface area contributed by atoms with E-state index in [0.717, 1.165) is 31.6 Å². The predicted octanol–water partition coefficient (Wildman–Crippen LogP) is 9.72. The first-order chi connectivity index (χ1) is 16.7. The molecule has 34 heavy (non-hydrogen) atoms. The molecule has 0 spiro atoms. The Morgan fingerprint density at radius 1 is 0.618 bits per heavy atom. The lowest BCUT2D eigenvalue weighted by molar-refractivity contribution is 0.306. The third-order valence-electron chi connectivity index (χ3n) is 6.37. The Labute approximate surface area is 209 Å². The molecule has 0 aliphatic heterocycles. The first-order valence-corrected chi connectivity index (χ1v) is 13.5. The average Bonchev–Trinajstić information content (AvgIpc) is 2.91. The number of rotatable bonds is 10. The standard InChI is InChI=1S/C32H35OS/c1-4-7-8-22-33-29-19-17-26(18-20-29)30-21-23-34-32(28-15-11-25(6-3)12-16-28)31(30)27-13-9-24(5-2)10-14-27/h9-21,23H,4-8,22H2,1-3H3/q+1. The van der Waals surface area contributed by atoms with Crippen molar-refractivity contribution < 1.29 is 4.74 Å². The highest BCUT2D eigenvalue weighted by atomic mass is 32.1. The maximum absolute atomic E-state index is 5.96. The predicted molar refractivity (Wildman–Crippen MR) is 149 cm³/mol. The van der Waals surface area contributed by atoms with Crippen LogP contribution in [-0.2, 0) is 12.8 Å². The average molecular weight is 468 g/mol. The molecule has 0 aliphatic rings. The SMILES string of the molecule is CCCCCOc1ccc(-c2cc[s+]c(-c3ccc(CC)cc3)c2-c2ccc(CC)cc2)cc1. The summed E-state index contributed by atoms with van der Waals surface area (Å²) < 4.78 is 5.96. The van der Waals surface area contributed by atoms with Crippen molar-refractivity contribution >= 4 is 11.3 Å². The Bertz CT molecular complexity index is 1180. The van der Waals surface area contributed by atoms with Crippen LogP contribution in [0.2, 0.25) is 0 Å². The molecule has 1 heterocycles. The molecular weight excluding hydrogens is 432 g/mol. The highest BCUT2D eigenvalue weighted by molar-refractivity contribution is 7.13. The lowest BCUT2D eigenvalue weighted by atomic mass is 9.92. The number of unbranched alkanes of at least 4 members (excludes halogenated alkanes) is 2. The van der Waals surface area contributed by atoms with Crippen molar-refractivity contribution in [2.24, 2.45) is 0 Å². The van der Waals surface area contributed by atoms with E-state index in [0.29, 0.717) is 0 Å². The van der Waals surface area contributed by atoms with Crippen molar-refractivity contribution in [2.45, 2.75) is 52.9 Å². The fourth-order valence-corrected chi connectivity index (χ4v) is 5.20. The van der Waals surface area contributed by atoms with Crippen molar-refractivity contribution in [2.75, 3.05) is 6.61 Å². The minimum Gasteiger partial charge on any atom is -0.494 e. The van der Waals surface area contributed by atoms with Gasteiger partial charge in [0.2, 0.25) is 16.2 Å². The Morgan fingerprint density at radius 2 is 1.21 bits per heavy atom. The van der Waals surface area contributed by atoms with E-state index in [9.17, 15) is 0 Å². The summed E-state index contributed by atoms with van der Waals surface area (Å²) in [5.41, 5.74) is 9.05. The van der Waals surface area contributed by atoms with Gasteiger partial charge in [-0.3, -0.25) is 0 Å². The van der Waals surface area contributed by atoms with Gasteiger partial charge in [0.1, 0.15) is 5.75 Å². The molecule has 3 aromatic carbocycles. The van der Waals surface area contributed by atoms with E-state index in [1.54, 1.807) is 0 Å². The van der Waals surface area contributed by atoms with E-state index in [4.69, 9.17) is 4.74 Å². The number of aryl methyl sites for hydroxylation is 2. The zero-order chi connectivity index (χ0) is 23.8. The van der Waals surface area contributed by atoms with Crippen molar-refractivity contribution in [3.05, 3.63) is 95.4 Å². The zero-order valence-electron chi connectivity index (χ0n) is 20.6.